The molecular formula is C15H22N2O3S2. The Morgan fingerprint density at radius 2 is 2.32 bits per heavy atom. The summed E-state index contributed by atoms with van der Waals surface area (Å²) in [5.74, 6) is 1.01. The first-order valence-corrected chi connectivity index (χ1v) is 9.60. The number of hydrogen-bond donors (Lipinski definition) is 2. The Labute approximate surface area is 139 Å². The summed E-state index contributed by atoms with van der Waals surface area (Å²) in [5.41, 5.74) is 1.15. The van der Waals surface area contributed by atoms with Gasteiger partial charge in [0.1, 0.15) is 5.25 Å². The van der Waals surface area contributed by atoms with Crippen molar-refractivity contribution in [3.63, 3.8) is 0 Å². The monoisotopic (exact) mass is 342 g/mol. The molecule has 0 saturated carbocycles. The van der Waals surface area contributed by atoms with Gasteiger partial charge in [0.25, 0.3) is 0 Å². The second-order valence-corrected chi connectivity index (χ2v) is 7.83. The van der Waals surface area contributed by atoms with Crippen LogP contribution in [0, 0.1) is 0 Å². The fourth-order valence-electron chi connectivity index (χ4n) is 2.82. The van der Waals surface area contributed by atoms with E-state index in [9.17, 15) is 9.90 Å². The van der Waals surface area contributed by atoms with Gasteiger partial charge in [-0.2, -0.15) is 0 Å². The SMILES string of the molecule is O=C(NC[C@H](O)CN1CCOCC1)[C@@H]1SCCc2sccc21. The molecule has 1 aromatic rings. The molecule has 1 aromatic heterocycles. The summed E-state index contributed by atoms with van der Waals surface area (Å²) in [5, 5.41) is 15.0. The number of rotatable bonds is 5. The summed E-state index contributed by atoms with van der Waals surface area (Å²) in [6, 6.07) is 2.06. The van der Waals surface area contributed by atoms with Gasteiger partial charge in [-0.25, -0.2) is 0 Å². The third kappa shape index (κ3) is 4.02. The van der Waals surface area contributed by atoms with Crippen molar-refractivity contribution in [3.05, 3.63) is 21.9 Å². The molecule has 2 aliphatic rings. The van der Waals surface area contributed by atoms with Crippen molar-refractivity contribution in [1.82, 2.24) is 10.2 Å². The average molecular weight is 342 g/mol. The van der Waals surface area contributed by atoms with E-state index in [1.165, 1.54) is 4.88 Å². The lowest BCUT2D eigenvalue weighted by Gasteiger charge is -2.29. The number of thiophene rings is 1. The molecule has 5 nitrogen and oxygen atoms in total. The molecule has 3 heterocycles. The Bertz CT molecular complexity index is 503. The van der Waals surface area contributed by atoms with Gasteiger partial charge in [0, 0.05) is 31.1 Å². The van der Waals surface area contributed by atoms with Gasteiger partial charge in [-0.3, -0.25) is 9.69 Å². The maximum Gasteiger partial charge on any atom is 0.237 e. The topological polar surface area (TPSA) is 61.8 Å². The van der Waals surface area contributed by atoms with Crippen molar-refractivity contribution in [2.75, 3.05) is 45.1 Å². The molecule has 1 fully saturated rings. The summed E-state index contributed by atoms with van der Waals surface area (Å²) in [6.45, 7) is 4.04. The van der Waals surface area contributed by atoms with E-state index in [4.69, 9.17) is 4.74 Å². The predicted octanol–water partition coefficient (Wildman–Crippen LogP) is 0.888. The molecule has 7 heteroatoms. The summed E-state index contributed by atoms with van der Waals surface area (Å²) >= 11 is 3.42. The highest BCUT2D eigenvalue weighted by molar-refractivity contribution is 8.00. The van der Waals surface area contributed by atoms with Gasteiger partial charge in [-0.1, -0.05) is 0 Å². The Morgan fingerprint density at radius 1 is 1.50 bits per heavy atom. The van der Waals surface area contributed by atoms with E-state index in [1.54, 1.807) is 23.1 Å². The number of carbonyl (C=O) groups is 1. The number of aryl methyl sites for hydroxylation is 1. The molecule has 122 valence electrons. The van der Waals surface area contributed by atoms with E-state index in [0.717, 1.165) is 44.0 Å². The minimum Gasteiger partial charge on any atom is -0.390 e. The second-order valence-electron chi connectivity index (χ2n) is 5.61. The third-order valence-electron chi connectivity index (χ3n) is 4.00. The van der Waals surface area contributed by atoms with Crippen molar-refractivity contribution in [1.29, 1.82) is 0 Å². The number of aliphatic hydroxyl groups is 1. The minimum atomic E-state index is -0.530. The number of carbonyl (C=O) groups excluding carboxylic acids is 1. The number of nitrogens with one attached hydrogen (secondary N) is 1. The maximum absolute atomic E-state index is 12.4. The zero-order valence-corrected chi connectivity index (χ0v) is 14.1. The summed E-state index contributed by atoms with van der Waals surface area (Å²) in [4.78, 5) is 15.9. The molecular weight excluding hydrogens is 320 g/mol. The Morgan fingerprint density at radius 3 is 3.14 bits per heavy atom. The van der Waals surface area contributed by atoms with Crippen LogP contribution in [0.3, 0.4) is 0 Å². The largest absolute Gasteiger partial charge is 0.390 e. The van der Waals surface area contributed by atoms with Crippen LogP contribution in [0.2, 0.25) is 0 Å². The van der Waals surface area contributed by atoms with Gasteiger partial charge >= 0.3 is 0 Å². The first-order valence-electron chi connectivity index (χ1n) is 7.68. The number of hydrogen-bond acceptors (Lipinski definition) is 6. The van der Waals surface area contributed by atoms with Gasteiger partial charge in [0.15, 0.2) is 0 Å². The Balaban J connectivity index is 1.46. The molecule has 0 radical (unpaired) electrons. The van der Waals surface area contributed by atoms with Gasteiger partial charge in [0.2, 0.25) is 5.91 Å². The van der Waals surface area contributed by atoms with Crippen molar-refractivity contribution < 1.29 is 14.6 Å². The number of β-amino-alcohol motifs (C(OH)–C–C–N with tert-alkyl or cyclic N) is 1. The molecule has 0 bridgehead atoms. The van der Waals surface area contributed by atoms with Crippen LogP contribution >= 0.6 is 23.1 Å². The minimum absolute atomic E-state index is 0.0189. The highest BCUT2D eigenvalue weighted by Crippen LogP contribution is 2.39. The molecule has 0 spiro atoms. The number of ether oxygens (including phenoxy) is 1. The highest BCUT2D eigenvalue weighted by Gasteiger charge is 2.28. The van der Waals surface area contributed by atoms with Crippen molar-refractivity contribution >= 4 is 29.0 Å². The van der Waals surface area contributed by atoms with Crippen LogP contribution in [-0.2, 0) is 16.0 Å². The van der Waals surface area contributed by atoms with Gasteiger partial charge in [-0.05, 0) is 29.2 Å². The fourth-order valence-corrected chi connectivity index (χ4v) is 5.14. The Kier molecular flexibility index (Phi) is 5.76. The summed E-state index contributed by atoms with van der Waals surface area (Å²) in [7, 11) is 0. The molecule has 0 aromatic carbocycles. The van der Waals surface area contributed by atoms with Gasteiger partial charge in [-0.15, -0.1) is 23.1 Å². The smallest absolute Gasteiger partial charge is 0.237 e. The highest BCUT2D eigenvalue weighted by atomic mass is 32.2. The first-order chi connectivity index (χ1) is 10.7. The first kappa shape index (κ1) is 16.3. The fraction of sp³-hybridized carbons (Fsp3) is 0.667. The van der Waals surface area contributed by atoms with Crippen LogP contribution in [-0.4, -0.2) is 67.2 Å². The number of fused-ring (bicyclic) bond motifs is 1. The number of thioether (sulfide) groups is 1. The molecule has 2 aliphatic heterocycles. The molecule has 2 N–H and O–H groups in total. The van der Waals surface area contributed by atoms with E-state index < -0.39 is 6.10 Å². The van der Waals surface area contributed by atoms with E-state index in [2.05, 4.69) is 21.7 Å². The summed E-state index contributed by atoms with van der Waals surface area (Å²) < 4.78 is 5.29. The normalized spacial score (nSPS) is 23.8. The zero-order chi connectivity index (χ0) is 15.4. The third-order valence-corrected chi connectivity index (χ3v) is 6.24. The zero-order valence-electron chi connectivity index (χ0n) is 12.5. The molecule has 0 aliphatic carbocycles. The standard InChI is InChI=1S/C15H22N2O3S2/c18-11(10-17-3-5-20-6-4-17)9-16-15(19)14-12-1-7-21-13(12)2-8-22-14/h1,7,11,14,18H,2-6,8-10H2,(H,16,19)/t11-,14+/m0/s1. The predicted molar refractivity (Wildman–Crippen MR) is 89.5 cm³/mol. The molecule has 1 saturated heterocycles. The number of morpholine rings is 1. The number of nitrogens with zero attached hydrogens (tertiary/aromatic N) is 1. The average Bonchev–Trinajstić information content (AvgIpc) is 3.02. The molecule has 3 rings (SSSR count). The van der Waals surface area contributed by atoms with Gasteiger partial charge in [0.05, 0.1) is 19.3 Å². The molecule has 22 heavy (non-hydrogen) atoms. The molecule has 0 unspecified atom stereocenters. The Hall–Kier alpha value is -0.600. The van der Waals surface area contributed by atoms with Crippen LogP contribution in [0.5, 0.6) is 0 Å². The van der Waals surface area contributed by atoms with Crippen LogP contribution in [0.15, 0.2) is 11.4 Å². The van der Waals surface area contributed by atoms with Gasteiger partial charge < -0.3 is 15.2 Å². The lowest BCUT2D eigenvalue weighted by Crippen LogP contribution is -2.45. The van der Waals surface area contributed by atoms with E-state index in [-0.39, 0.29) is 11.2 Å². The lowest BCUT2D eigenvalue weighted by atomic mass is 10.1. The molecule has 2 atom stereocenters. The van der Waals surface area contributed by atoms with E-state index in [1.807, 2.05) is 0 Å². The van der Waals surface area contributed by atoms with Crippen LogP contribution < -0.4 is 5.32 Å². The second kappa shape index (κ2) is 7.79. The number of aliphatic hydroxyl groups excluding tert-OH is 1. The van der Waals surface area contributed by atoms with E-state index in [0.29, 0.717) is 13.1 Å². The lowest BCUT2D eigenvalue weighted by molar-refractivity contribution is -0.121. The van der Waals surface area contributed by atoms with Crippen molar-refractivity contribution in [3.8, 4) is 0 Å². The number of amides is 1. The summed E-state index contributed by atoms with van der Waals surface area (Å²) in [6.07, 6.45) is 0.527. The van der Waals surface area contributed by atoms with Crippen LogP contribution in [0.1, 0.15) is 15.7 Å². The van der Waals surface area contributed by atoms with Crippen molar-refractivity contribution in [2.45, 2.75) is 17.8 Å². The van der Waals surface area contributed by atoms with Crippen LogP contribution in [0.4, 0.5) is 0 Å². The van der Waals surface area contributed by atoms with Crippen molar-refractivity contribution in [2.24, 2.45) is 0 Å². The molecule has 1 amide bonds. The maximum atomic E-state index is 12.4. The van der Waals surface area contributed by atoms with E-state index >= 15 is 0 Å². The van der Waals surface area contributed by atoms with Crippen LogP contribution in [0.25, 0.3) is 0 Å². The quantitative estimate of drug-likeness (QED) is 0.832.